The van der Waals surface area contributed by atoms with E-state index in [9.17, 15) is 9.59 Å². The summed E-state index contributed by atoms with van der Waals surface area (Å²) in [4.78, 5) is 38.8. The Balaban J connectivity index is 1.40. The Morgan fingerprint density at radius 1 is 1.00 bits per heavy atom. The van der Waals surface area contributed by atoms with Crippen LogP contribution < -0.4 is 10.2 Å². The second kappa shape index (κ2) is 8.62. The van der Waals surface area contributed by atoms with E-state index >= 15 is 0 Å². The van der Waals surface area contributed by atoms with Crippen molar-refractivity contribution in [2.75, 3.05) is 36.4 Å². The predicted molar refractivity (Wildman–Crippen MR) is 118 cm³/mol. The Morgan fingerprint density at radius 2 is 1.80 bits per heavy atom. The largest absolute Gasteiger partial charge is 0.353 e. The lowest BCUT2D eigenvalue weighted by atomic mass is 10.1. The number of hydrogen-bond acceptors (Lipinski definition) is 6. The van der Waals surface area contributed by atoms with Gasteiger partial charge >= 0.3 is 0 Å². The molecule has 0 saturated carbocycles. The van der Waals surface area contributed by atoms with Gasteiger partial charge in [-0.2, -0.15) is 0 Å². The second-order valence-corrected chi connectivity index (χ2v) is 8.15. The maximum Gasteiger partial charge on any atom is 0.265 e. The van der Waals surface area contributed by atoms with Crippen LogP contribution in [0.1, 0.15) is 31.5 Å². The highest BCUT2D eigenvalue weighted by atomic mass is 32.1. The van der Waals surface area contributed by atoms with E-state index in [1.807, 2.05) is 36.3 Å². The van der Waals surface area contributed by atoms with Crippen LogP contribution in [-0.2, 0) is 0 Å². The molecule has 0 radical (unpaired) electrons. The Kier molecular flexibility index (Phi) is 5.76. The van der Waals surface area contributed by atoms with Crippen molar-refractivity contribution in [1.82, 2.24) is 14.9 Å². The Morgan fingerprint density at radius 3 is 2.50 bits per heavy atom. The van der Waals surface area contributed by atoms with Crippen molar-refractivity contribution in [2.45, 2.75) is 13.8 Å². The highest BCUT2D eigenvalue weighted by molar-refractivity contribution is 7.12. The third-order valence-electron chi connectivity index (χ3n) is 4.96. The molecule has 3 heterocycles. The average molecular weight is 422 g/mol. The molecule has 7 nitrogen and oxygen atoms in total. The fourth-order valence-electron chi connectivity index (χ4n) is 3.51. The molecule has 0 spiro atoms. The lowest BCUT2D eigenvalue weighted by Crippen LogP contribution is -2.49. The van der Waals surface area contributed by atoms with Crippen LogP contribution >= 0.6 is 11.3 Å². The molecule has 0 atom stereocenters. The van der Waals surface area contributed by atoms with E-state index in [2.05, 4.69) is 20.2 Å². The first-order valence-electron chi connectivity index (χ1n) is 9.81. The van der Waals surface area contributed by atoms with Crippen molar-refractivity contribution in [3.05, 3.63) is 69.8 Å². The van der Waals surface area contributed by atoms with E-state index in [-0.39, 0.29) is 11.8 Å². The first-order chi connectivity index (χ1) is 14.5. The summed E-state index contributed by atoms with van der Waals surface area (Å²) in [5, 5.41) is 4.72. The molecule has 1 saturated heterocycles. The highest BCUT2D eigenvalue weighted by Gasteiger charge is 2.23. The summed E-state index contributed by atoms with van der Waals surface area (Å²) in [6.07, 6.45) is 0. The number of nitrogens with one attached hydrogen (secondary N) is 1. The lowest BCUT2D eigenvalue weighted by molar-refractivity contribution is 0.0746. The van der Waals surface area contributed by atoms with Gasteiger partial charge in [-0.25, -0.2) is 9.97 Å². The van der Waals surface area contributed by atoms with Gasteiger partial charge in [0.2, 0.25) is 0 Å². The van der Waals surface area contributed by atoms with E-state index in [1.54, 1.807) is 30.3 Å². The van der Waals surface area contributed by atoms with E-state index in [0.29, 0.717) is 29.2 Å². The van der Waals surface area contributed by atoms with Crippen LogP contribution in [0.3, 0.4) is 0 Å². The molecule has 1 aliphatic rings. The van der Waals surface area contributed by atoms with E-state index < -0.39 is 0 Å². The van der Waals surface area contributed by atoms with E-state index in [1.165, 1.54) is 11.3 Å². The molecule has 1 aliphatic heterocycles. The van der Waals surface area contributed by atoms with Crippen LogP contribution in [0.15, 0.2) is 47.8 Å². The quantitative estimate of drug-likeness (QED) is 0.699. The molecule has 2 amide bonds. The van der Waals surface area contributed by atoms with Crippen molar-refractivity contribution in [3.8, 4) is 0 Å². The summed E-state index contributed by atoms with van der Waals surface area (Å²) in [6.45, 7) is 6.52. The van der Waals surface area contributed by atoms with Crippen LogP contribution in [0.5, 0.6) is 0 Å². The Labute approximate surface area is 179 Å². The van der Waals surface area contributed by atoms with Crippen molar-refractivity contribution < 1.29 is 9.59 Å². The number of anilines is 2. The fraction of sp³-hybridized carbons (Fsp3) is 0.273. The van der Waals surface area contributed by atoms with Gasteiger partial charge in [0.05, 0.1) is 4.88 Å². The van der Waals surface area contributed by atoms with Crippen LogP contribution in [0.2, 0.25) is 0 Å². The van der Waals surface area contributed by atoms with Crippen LogP contribution in [-0.4, -0.2) is 52.9 Å². The number of nitrogens with zero attached hydrogens (tertiary/aromatic N) is 4. The summed E-state index contributed by atoms with van der Waals surface area (Å²) in [5.41, 5.74) is 2.13. The van der Waals surface area contributed by atoms with Crippen molar-refractivity contribution in [3.63, 3.8) is 0 Å². The number of carbonyl (C=O) groups excluding carboxylic acids is 2. The number of hydrogen-bond donors (Lipinski definition) is 1. The van der Waals surface area contributed by atoms with E-state index in [4.69, 9.17) is 0 Å². The molecule has 0 unspecified atom stereocenters. The average Bonchev–Trinajstić information content (AvgIpc) is 3.28. The first kappa shape index (κ1) is 20.0. The third-order valence-corrected chi connectivity index (χ3v) is 5.82. The molecule has 2 aromatic heterocycles. The number of carbonyl (C=O) groups is 2. The van der Waals surface area contributed by atoms with Crippen LogP contribution in [0, 0.1) is 13.8 Å². The van der Waals surface area contributed by atoms with Gasteiger partial charge in [-0.05, 0) is 43.5 Å². The minimum absolute atomic E-state index is 0.0306. The van der Waals surface area contributed by atoms with Crippen molar-refractivity contribution >= 4 is 34.7 Å². The van der Waals surface area contributed by atoms with Gasteiger partial charge in [0, 0.05) is 49.2 Å². The minimum Gasteiger partial charge on any atom is -0.353 e. The van der Waals surface area contributed by atoms with Crippen molar-refractivity contribution in [2.24, 2.45) is 0 Å². The number of amides is 2. The summed E-state index contributed by atoms with van der Waals surface area (Å²) in [5.74, 6) is 1.46. The molecular weight excluding hydrogens is 398 g/mol. The molecule has 4 rings (SSSR count). The molecule has 0 bridgehead atoms. The number of thiophene rings is 1. The fourth-order valence-corrected chi connectivity index (χ4v) is 4.13. The Hall–Kier alpha value is -3.26. The molecule has 1 fully saturated rings. The summed E-state index contributed by atoms with van der Waals surface area (Å²) < 4.78 is 0. The third kappa shape index (κ3) is 4.49. The molecule has 1 N–H and O–H groups in total. The molecule has 30 heavy (non-hydrogen) atoms. The zero-order valence-electron chi connectivity index (χ0n) is 17.0. The monoisotopic (exact) mass is 421 g/mol. The molecule has 0 aliphatic carbocycles. The number of piperazine rings is 1. The minimum atomic E-state index is -0.168. The van der Waals surface area contributed by atoms with Gasteiger partial charge in [0.1, 0.15) is 11.6 Å². The molecule has 154 valence electrons. The van der Waals surface area contributed by atoms with Gasteiger partial charge in [-0.15, -0.1) is 11.3 Å². The maximum absolute atomic E-state index is 13.0. The number of aryl methyl sites for hydroxylation is 2. The maximum atomic E-state index is 13.0. The van der Waals surface area contributed by atoms with Gasteiger partial charge in [-0.1, -0.05) is 12.1 Å². The number of aromatic nitrogens is 2. The van der Waals surface area contributed by atoms with E-state index in [0.717, 1.165) is 30.4 Å². The van der Waals surface area contributed by atoms with Crippen LogP contribution in [0.25, 0.3) is 0 Å². The van der Waals surface area contributed by atoms with Gasteiger partial charge in [0.15, 0.2) is 0 Å². The molecule has 8 heteroatoms. The zero-order chi connectivity index (χ0) is 21.1. The van der Waals surface area contributed by atoms with Crippen molar-refractivity contribution in [1.29, 1.82) is 0 Å². The zero-order valence-corrected chi connectivity index (χ0v) is 17.8. The Bertz CT molecular complexity index is 1040. The van der Waals surface area contributed by atoms with Gasteiger partial charge < -0.3 is 15.1 Å². The summed E-state index contributed by atoms with van der Waals surface area (Å²) in [6, 6.07) is 12.7. The van der Waals surface area contributed by atoms with Gasteiger partial charge in [0.25, 0.3) is 11.8 Å². The topological polar surface area (TPSA) is 78.4 Å². The first-order valence-corrected chi connectivity index (χ1v) is 10.7. The summed E-state index contributed by atoms with van der Waals surface area (Å²) >= 11 is 1.38. The SMILES string of the molecule is Cc1cc(N2CCN(C(=O)c3cccc(NC(=O)c4cccs4)c3)CC2)nc(C)n1. The number of benzene rings is 1. The standard InChI is InChI=1S/C22H23N5O2S/c1-15-13-20(24-16(2)23-15)26-8-10-27(11-9-26)22(29)17-5-3-6-18(14-17)25-21(28)19-7-4-12-30-19/h3-7,12-14H,8-11H2,1-2H3,(H,25,28). The smallest absolute Gasteiger partial charge is 0.265 e. The highest BCUT2D eigenvalue weighted by Crippen LogP contribution is 2.19. The number of rotatable bonds is 4. The molecule has 3 aromatic rings. The van der Waals surface area contributed by atoms with Gasteiger partial charge in [-0.3, -0.25) is 9.59 Å². The molecule has 1 aromatic carbocycles. The molecular formula is C22H23N5O2S. The second-order valence-electron chi connectivity index (χ2n) is 7.21. The normalized spacial score (nSPS) is 13.9. The lowest BCUT2D eigenvalue weighted by Gasteiger charge is -2.35. The predicted octanol–water partition coefficient (Wildman–Crippen LogP) is 3.37. The summed E-state index contributed by atoms with van der Waals surface area (Å²) in [7, 11) is 0. The van der Waals surface area contributed by atoms with Crippen LogP contribution in [0.4, 0.5) is 11.5 Å².